The number of halogens is 1. The molecule has 1 heterocycles. The molecule has 2 N–H and O–H groups in total. The number of phenols is 1. The molecular weight excluding hydrogens is 298 g/mol. The van der Waals surface area contributed by atoms with Crippen molar-refractivity contribution >= 4 is 33.1 Å². The van der Waals surface area contributed by atoms with Crippen molar-refractivity contribution in [1.29, 1.82) is 0 Å². The molecule has 94 valence electrons. The number of aromatic hydroxyl groups is 1. The number of aryl methyl sites for hydroxylation is 2. The van der Waals surface area contributed by atoms with Crippen LogP contribution >= 0.6 is 15.9 Å². The minimum absolute atomic E-state index is 0.0782. The van der Waals surface area contributed by atoms with E-state index in [4.69, 9.17) is 9.62 Å². The molecule has 1 aliphatic rings. The monoisotopic (exact) mass is 309 g/mol. The SMILES string of the molecule is O/N=C/c1c(O)c(Br)cc2oc3c(c12)CCCC3. The van der Waals surface area contributed by atoms with Crippen molar-refractivity contribution in [1.82, 2.24) is 0 Å². The van der Waals surface area contributed by atoms with E-state index < -0.39 is 0 Å². The van der Waals surface area contributed by atoms with E-state index in [1.165, 1.54) is 6.21 Å². The fourth-order valence-electron chi connectivity index (χ4n) is 2.60. The van der Waals surface area contributed by atoms with Crippen molar-refractivity contribution in [3.8, 4) is 5.75 Å². The molecule has 1 aliphatic carbocycles. The van der Waals surface area contributed by atoms with E-state index in [-0.39, 0.29) is 5.75 Å². The van der Waals surface area contributed by atoms with Crippen LogP contribution < -0.4 is 0 Å². The van der Waals surface area contributed by atoms with Crippen molar-refractivity contribution in [2.75, 3.05) is 0 Å². The zero-order valence-corrected chi connectivity index (χ0v) is 11.2. The Morgan fingerprint density at radius 3 is 2.89 bits per heavy atom. The van der Waals surface area contributed by atoms with Crippen LogP contribution in [0.1, 0.15) is 29.7 Å². The third kappa shape index (κ3) is 1.61. The first kappa shape index (κ1) is 11.6. The predicted octanol–water partition coefficient (Wildman–Crippen LogP) is 3.59. The zero-order chi connectivity index (χ0) is 12.7. The molecule has 0 fully saturated rings. The Kier molecular flexibility index (Phi) is 2.78. The number of benzene rings is 1. The van der Waals surface area contributed by atoms with Gasteiger partial charge < -0.3 is 14.7 Å². The molecule has 0 saturated carbocycles. The molecule has 0 unspecified atom stereocenters. The van der Waals surface area contributed by atoms with Crippen LogP contribution in [0, 0.1) is 0 Å². The van der Waals surface area contributed by atoms with Crippen molar-refractivity contribution in [3.63, 3.8) is 0 Å². The minimum atomic E-state index is 0.0782. The fourth-order valence-corrected chi connectivity index (χ4v) is 3.02. The Morgan fingerprint density at radius 2 is 2.11 bits per heavy atom. The van der Waals surface area contributed by atoms with Crippen LogP contribution in [-0.2, 0) is 12.8 Å². The highest BCUT2D eigenvalue weighted by Crippen LogP contribution is 2.40. The highest BCUT2D eigenvalue weighted by molar-refractivity contribution is 9.10. The first-order valence-corrected chi connectivity index (χ1v) is 6.65. The summed E-state index contributed by atoms with van der Waals surface area (Å²) in [6, 6.07) is 1.76. The molecule has 0 saturated heterocycles. The highest BCUT2D eigenvalue weighted by atomic mass is 79.9. The summed E-state index contributed by atoms with van der Waals surface area (Å²) in [4.78, 5) is 0. The van der Waals surface area contributed by atoms with Crippen LogP contribution in [0.25, 0.3) is 11.0 Å². The Labute approximate surface area is 112 Å². The number of phenolic OH excluding ortho intramolecular Hbond substituents is 1. The number of nitrogens with zero attached hydrogens (tertiary/aromatic N) is 1. The third-order valence-electron chi connectivity index (χ3n) is 3.39. The lowest BCUT2D eigenvalue weighted by atomic mass is 9.94. The molecule has 1 aromatic heterocycles. The molecule has 0 radical (unpaired) electrons. The Bertz CT molecular complexity index is 645. The van der Waals surface area contributed by atoms with E-state index in [0.29, 0.717) is 10.0 Å². The topological polar surface area (TPSA) is 66.0 Å². The summed E-state index contributed by atoms with van der Waals surface area (Å²) in [5, 5.41) is 22.7. The van der Waals surface area contributed by atoms with E-state index >= 15 is 0 Å². The molecule has 0 atom stereocenters. The Balaban J connectivity index is 2.40. The van der Waals surface area contributed by atoms with Crippen LogP contribution in [0.2, 0.25) is 0 Å². The van der Waals surface area contributed by atoms with E-state index in [9.17, 15) is 5.11 Å². The van der Waals surface area contributed by atoms with Crippen molar-refractivity contribution < 1.29 is 14.7 Å². The van der Waals surface area contributed by atoms with E-state index in [1.54, 1.807) is 6.07 Å². The maximum Gasteiger partial charge on any atom is 0.139 e. The predicted molar refractivity (Wildman–Crippen MR) is 71.6 cm³/mol. The van der Waals surface area contributed by atoms with Crippen molar-refractivity contribution in [2.45, 2.75) is 25.7 Å². The van der Waals surface area contributed by atoms with Gasteiger partial charge in [0, 0.05) is 17.4 Å². The molecule has 0 bridgehead atoms. The van der Waals surface area contributed by atoms with Gasteiger partial charge in [-0.1, -0.05) is 5.16 Å². The molecule has 0 amide bonds. The van der Waals surface area contributed by atoms with Gasteiger partial charge in [0.25, 0.3) is 0 Å². The van der Waals surface area contributed by atoms with Gasteiger partial charge in [-0.25, -0.2) is 0 Å². The average Bonchev–Trinajstić information content (AvgIpc) is 2.72. The van der Waals surface area contributed by atoms with E-state index in [0.717, 1.165) is 48.0 Å². The normalized spacial score (nSPS) is 15.4. The molecule has 0 spiro atoms. The van der Waals surface area contributed by atoms with Gasteiger partial charge in [-0.05, 0) is 41.3 Å². The average molecular weight is 310 g/mol. The summed E-state index contributed by atoms with van der Waals surface area (Å²) in [6.45, 7) is 0. The van der Waals surface area contributed by atoms with Crippen LogP contribution in [0.4, 0.5) is 0 Å². The lowest BCUT2D eigenvalue weighted by molar-refractivity contribution is 0.321. The molecule has 3 rings (SSSR count). The molecule has 5 heteroatoms. The summed E-state index contributed by atoms with van der Waals surface area (Å²) in [6.07, 6.45) is 5.37. The number of furan rings is 1. The van der Waals surface area contributed by atoms with Crippen LogP contribution in [0.5, 0.6) is 5.75 Å². The van der Waals surface area contributed by atoms with Gasteiger partial charge in [-0.2, -0.15) is 0 Å². The number of oxime groups is 1. The lowest BCUT2D eigenvalue weighted by Crippen LogP contribution is -1.99. The van der Waals surface area contributed by atoms with Gasteiger partial charge >= 0.3 is 0 Å². The Morgan fingerprint density at radius 1 is 1.33 bits per heavy atom. The third-order valence-corrected chi connectivity index (χ3v) is 4.00. The molecule has 18 heavy (non-hydrogen) atoms. The molecular formula is C13H12BrNO3. The maximum atomic E-state index is 10.1. The summed E-state index contributed by atoms with van der Waals surface area (Å²) >= 11 is 3.28. The van der Waals surface area contributed by atoms with Gasteiger partial charge in [0.1, 0.15) is 17.1 Å². The summed E-state index contributed by atoms with van der Waals surface area (Å²) in [5.41, 5.74) is 2.37. The second-order valence-corrected chi connectivity index (χ2v) is 5.30. The number of hydrogen-bond donors (Lipinski definition) is 2. The van der Waals surface area contributed by atoms with Crippen molar-refractivity contribution in [2.24, 2.45) is 5.16 Å². The quantitative estimate of drug-likeness (QED) is 0.480. The molecule has 1 aromatic carbocycles. The Hall–Kier alpha value is -1.49. The lowest BCUT2D eigenvalue weighted by Gasteiger charge is -2.10. The highest BCUT2D eigenvalue weighted by Gasteiger charge is 2.22. The van der Waals surface area contributed by atoms with Crippen LogP contribution in [-0.4, -0.2) is 16.5 Å². The maximum absolute atomic E-state index is 10.1. The fraction of sp³-hybridized carbons (Fsp3) is 0.308. The van der Waals surface area contributed by atoms with E-state index in [1.807, 2.05) is 0 Å². The van der Waals surface area contributed by atoms with Crippen LogP contribution in [0.15, 0.2) is 20.1 Å². The zero-order valence-electron chi connectivity index (χ0n) is 9.61. The van der Waals surface area contributed by atoms with Gasteiger partial charge in [0.15, 0.2) is 0 Å². The number of rotatable bonds is 1. The second kappa shape index (κ2) is 4.31. The molecule has 4 nitrogen and oxygen atoms in total. The minimum Gasteiger partial charge on any atom is -0.506 e. The van der Waals surface area contributed by atoms with Gasteiger partial charge in [0.05, 0.1) is 16.3 Å². The summed E-state index contributed by atoms with van der Waals surface area (Å²) in [7, 11) is 0. The number of fused-ring (bicyclic) bond motifs is 3. The molecule has 2 aromatic rings. The van der Waals surface area contributed by atoms with E-state index in [2.05, 4.69) is 21.1 Å². The van der Waals surface area contributed by atoms with Gasteiger partial charge in [-0.3, -0.25) is 0 Å². The summed E-state index contributed by atoms with van der Waals surface area (Å²) < 4.78 is 6.37. The second-order valence-electron chi connectivity index (χ2n) is 4.45. The molecule has 0 aliphatic heterocycles. The largest absolute Gasteiger partial charge is 0.506 e. The number of hydrogen-bond acceptors (Lipinski definition) is 4. The first-order chi connectivity index (χ1) is 8.72. The summed E-state index contributed by atoms with van der Waals surface area (Å²) in [5.74, 6) is 1.07. The van der Waals surface area contributed by atoms with Crippen LogP contribution in [0.3, 0.4) is 0 Å². The van der Waals surface area contributed by atoms with Crippen molar-refractivity contribution in [3.05, 3.63) is 27.4 Å². The standard InChI is InChI=1S/C13H12BrNO3/c14-9-5-11-12(8(6-15-17)13(9)16)7-3-1-2-4-10(7)18-11/h5-6,16-17H,1-4H2/b15-6+. The van der Waals surface area contributed by atoms with Gasteiger partial charge in [0.2, 0.25) is 0 Å². The smallest absolute Gasteiger partial charge is 0.139 e. The first-order valence-electron chi connectivity index (χ1n) is 5.85. The van der Waals surface area contributed by atoms with Gasteiger partial charge in [-0.15, -0.1) is 0 Å².